The van der Waals surface area contributed by atoms with Crippen LogP contribution < -0.4 is 15.2 Å². The molecule has 0 amide bonds. The van der Waals surface area contributed by atoms with Gasteiger partial charge in [0.05, 0.1) is 23.0 Å². The van der Waals surface area contributed by atoms with Crippen molar-refractivity contribution in [1.29, 1.82) is 0 Å². The Bertz CT molecular complexity index is 809. The second-order valence-electron chi connectivity index (χ2n) is 5.12. The molecule has 1 aliphatic heterocycles. The Morgan fingerprint density at radius 3 is 2.76 bits per heavy atom. The van der Waals surface area contributed by atoms with Gasteiger partial charge in [-0.05, 0) is 24.3 Å². The number of hydrogen-bond acceptors (Lipinski definition) is 6. The molecule has 0 aliphatic carbocycles. The summed E-state index contributed by atoms with van der Waals surface area (Å²) in [5.74, 6) is -0.0626. The highest BCUT2D eigenvalue weighted by molar-refractivity contribution is 5.80. The van der Waals surface area contributed by atoms with E-state index in [0.29, 0.717) is 16.9 Å². The Labute approximate surface area is 141 Å². The first kappa shape index (κ1) is 16.9. The van der Waals surface area contributed by atoms with Gasteiger partial charge in [-0.3, -0.25) is 15.4 Å². The van der Waals surface area contributed by atoms with Gasteiger partial charge in [-0.2, -0.15) is 13.2 Å². The molecule has 1 aliphatic rings. The number of hydrogen-bond donors (Lipinski definition) is 2. The van der Waals surface area contributed by atoms with Gasteiger partial charge < -0.3 is 14.6 Å². The SMILES string of the molecule is COCOc1cc(C(F)(F)F)ccc1N1NC=C(O)c2cnccc21. The van der Waals surface area contributed by atoms with Crippen LogP contribution in [0.2, 0.25) is 0 Å². The summed E-state index contributed by atoms with van der Waals surface area (Å²) in [5.41, 5.74) is 3.23. The average molecular weight is 353 g/mol. The van der Waals surface area contributed by atoms with E-state index in [1.165, 1.54) is 36.8 Å². The number of rotatable bonds is 4. The minimum atomic E-state index is -4.50. The number of alkyl halides is 3. The summed E-state index contributed by atoms with van der Waals surface area (Å²) in [7, 11) is 1.37. The lowest BCUT2D eigenvalue weighted by Gasteiger charge is -2.31. The summed E-state index contributed by atoms with van der Waals surface area (Å²) in [6, 6.07) is 4.75. The van der Waals surface area contributed by atoms with E-state index in [9.17, 15) is 18.3 Å². The van der Waals surface area contributed by atoms with Gasteiger partial charge in [-0.15, -0.1) is 0 Å². The van der Waals surface area contributed by atoms with E-state index in [1.54, 1.807) is 6.07 Å². The van der Waals surface area contributed by atoms with Crippen molar-refractivity contribution in [2.75, 3.05) is 18.9 Å². The molecular weight excluding hydrogens is 339 g/mol. The second-order valence-corrected chi connectivity index (χ2v) is 5.12. The largest absolute Gasteiger partial charge is 0.506 e. The summed E-state index contributed by atoms with van der Waals surface area (Å²) < 4.78 is 49.1. The Hall–Kier alpha value is -2.94. The Balaban J connectivity index is 2.07. The molecule has 2 N–H and O–H groups in total. The van der Waals surface area contributed by atoms with Gasteiger partial charge in [-0.25, -0.2) is 0 Å². The number of nitrogens with zero attached hydrogens (tertiary/aromatic N) is 2. The third kappa shape index (κ3) is 3.31. The molecule has 0 saturated heterocycles. The van der Waals surface area contributed by atoms with Gasteiger partial charge in [0.1, 0.15) is 17.2 Å². The summed E-state index contributed by atoms with van der Waals surface area (Å²) in [4.78, 5) is 3.94. The average Bonchev–Trinajstić information content (AvgIpc) is 2.60. The number of halogens is 3. The van der Waals surface area contributed by atoms with Crippen molar-refractivity contribution >= 4 is 17.1 Å². The van der Waals surface area contributed by atoms with Crippen molar-refractivity contribution in [3.63, 3.8) is 0 Å². The van der Waals surface area contributed by atoms with Crippen molar-refractivity contribution < 1.29 is 27.8 Å². The predicted octanol–water partition coefficient (Wildman–Crippen LogP) is 3.60. The number of ether oxygens (including phenoxy) is 2. The standard InChI is InChI=1S/C16H14F3N3O3/c1-24-9-25-15-6-10(16(17,18)19)2-3-13(15)22-12-4-5-20-7-11(12)14(23)8-21-22/h2-8,21,23H,9H2,1H3. The lowest BCUT2D eigenvalue weighted by Crippen LogP contribution is -2.33. The van der Waals surface area contributed by atoms with E-state index >= 15 is 0 Å². The highest BCUT2D eigenvalue weighted by Gasteiger charge is 2.32. The number of benzene rings is 1. The molecule has 6 nitrogen and oxygen atoms in total. The van der Waals surface area contributed by atoms with Gasteiger partial charge in [-0.1, -0.05) is 0 Å². The zero-order valence-corrected chi connectivity index (χ0v) is 13.0. The van der Waals surface area contributed by atoms with Crippen molar-refractivity contribution in [2.24, 2.45) is 0 Å². The van der Waals surface area contributed by atoms with Crippen LogP contribution in [0.5, 0.6) is 5.75 Å². The highest BCUT2D eigenvalue weighted by atomic mass is 19.4. The van der Waals surface area contributed by atoms with Crippen molar-refractivity contribution in [3.05, 3.63) is 54.0 Å². The normalized spacial score (nSPS) is 13.8. The molecule has 9 heteroatoms. The zero-order valence-electron chi connectivity index (χ0n) is 13.0. The van der Waals surface area contributed by atoms with Crippen molar-refractivity contribution in [1.82, 2.24) is 10.4 Å². The molecule has 2 aromatic rings. The topological polar surface area (TPSA) is 66.9 Å². The predicted molar refractivity (Wildman–Crippen MR) is 84.1 cm³/mol. The fourth-order valence-corrected chi connectivity index (χ4v) is 2.36. The molecule has 0 spiro atoms. The molecule has 0 bridgehead atoms. The maximum Gasteiger partial charge on any atom is 0.416 e. The Kier molecular flexibility index (Phi) is 4.41. The molecule has 0 fully saturated rings. The number of methoxy groups -OCH3 is 1. The third-order valence-electron chi connectivity index (χ3n) is 3.51. The van der Waals surface area contributed by atoms with E-state index in [-0.39, 0.29) is 18.3 Å². The molecule has 1 aromatic carbocycles. The maximum atomic E-state index is 13.0. The van der Waals surface area contributed by atoms with Gasteiger partial charge in [0, 0.05) is 19.5 Å². The van der Waals surface area contributed by atoms with Gasteiger partial charge >= 0.3 is 6.18 Å². The first-order valence-electron chi connectivity index (χ1n) is 7.14. The summed E-state index contributed by atoms with van der Waals surface area (Å²) in [6.45, 7) is -0.216. The maximum absolute atomic E-state index is 13.0. The molecular formula is C16H14F3N3O3. The van der Waals surface area contributed by atoms with E-state index in [1.807, 2.05) is 0 Å². The van der Waals surface area contributed by atoms with Crippen LogP contribution in [0.25, 0.3) is 5.76 Å². The lowest BCUT2D eigenvalue weighted by molar-refractivity contribution is -0.137. The number of nitrogens with one attached hydrogen (secondary N) is 1. The third-order valence-corrected chi connectivity index (χ3v) is 3.51. The number of hydrazine groups is 1. The first-order valence-corrected chi connectivity index (χ1v) is 7.14. The van der Waals surface area contributed by atoms with Gasteiger partial charge in [0.2, 0.25) is 0 Å². The van der Waals surface area contributed by atoms with E-state index < -0.39 is 11.7 Å². The van der Waals surface area contributed by atoms with Crippen LogP contribution in [-0.2, 0) is 10.9 Å². The number of anilines is 2. The number of fused-ring (bicyclic) bond motifs is 1. The zero-order chi connectivity index (χ0) is 18.0. The highest BCUT2D eigenvalue weighted by Crippen LogP contribution is 2.40. The summed E-state index contributed by atoms with van der Waals surface area (Å²) >= 11 is 0. The smallest absolute Gasteiger partial charge is 0.416 e. The number of aliphatic hydroxyl groups excluding tert-OH is 1. The number of aliphatic hydroxyl groups is 1. The molecule has 25 heavy (non-hydrogen) atoms. The van der Waals surface area contributed by atoms with Crippen LogP contribution in [0, 0.1) is 0 Å². The van der Waals surface area contributed by atoms with Crippen LogP contribution in [0.4, 0.5) is 24.5 Å². The van der Waals surface area contributed by atoms with Crippen LogP contribution >= 0.6 is 0 Å². The molecule has 1 aromatic heterocycles. The molecule has 0 radical (unpaired) electrons. The van der Waals surface area contributed by atoms with Gasteiger partial charge in [0.25, 0.3) is 0 Å². The fraction of sp³-hybridized carbons (Fsp3) is 0.188. The minimum absolute atomic E-state index is 0.0262. The van der Waals surface area contributed by atoms with E-state index in [0.717, 1.165) is 12.1 Å². The Morgan fingerprint density at radius 1 is 1.24 bits per heavy atom. The van der Waals surface area contributed by atoms with Gasteiger partial charge in [0.15, 0.2) is 6.79 Å². The minimum Gasteiger partial charge on any atom is -0.506 e. The quantitative estimate of drug-likeness (QED) is 0.819. The van der Waals surface area contributed by atoms with Crippen LogP contribution in [0.15, 0.2) is 42.9 Å². The molecule has 132 valence electrons. The summed E-state index contributed by atoms with van der Waals surface area (Å²) in [6.07, 6.45) is -0.235. The van der Waals surface area contributed by atoms with Crippen LogP contribution in [0.1, 0.15) is 11.1 Å². The van der Waals surface area contributed by atoms with Crippen LogP contribution in [0.3, 0.4) is 0 Å². The van der Waals surface area contributed by atoms with Crippen molar-refractivity contribution in [2.45, 2.75) is 6.18 Å². The van der Waals surface area contributed by atoms with E-state index in [2.05, 4.69) is 10.4 Å². The molecule has 0 atom stereocenters. The number of aromatic nitrogens is 1. The first-order chi connectivity index (χ1) is 11.9. The van der Waals surface area contributed by atoms with Crippen molar-refractivity contribution in [3.8, 4) is 5.75 Å². The molecule has 2 heterocycles. The lowest BCUT2D eigenvalue weighted by atomic mass is 10.1. The molecule has 3 rings (SSSR count). The summed E-state index contributed by atoms with van der Waals surface area (Å²) in [5, 5.41) is 11.4. The number of pyridine rings is 1. The monoisotopic (exact) mass is 353 g/mol. The van der Waals surface area contributed by atoms with E-state index in [4.69, 9.17) is 9.47 Å². The second kappa shape index (κ2) is 6.52. The Morgan fingerprint density at radius 2 is 2.04 bits per heavy atom. The fourth-order valence-electron chi connectivity index (χ4n) is 2.36. The molecule has 0 saturated carbocycles. The molecule has 0 unspecified atom stereocenters. The van der Waals surface area contributed by atoms with Crippen LogP contribution in [-0.4, -0.2) is 24.0 Å².